The lowest BCUT2D eigenvalue weighted by Crippen LogP contribution is -2.47. The molecule has 0 saturated heterocycles. The van der Waals surface area contributed by atoms with Gasteiger partial charge in [0.1, 0.15) is 11.4 Å². The molecule has 1 atom stereocenters. The van der Waals surface area contributed by atoms with Gasteiger partial charge in [-0.3, -0.25) is 14.8 Å². The Labute approximate surface area is 143 Å². The number of rotatable bonds is 9. The fourth-order valence-corrected chi connectivity index (χ4v) is 2.43. The van der Waals surface area contributed by atoms with Crippen molar-refractivity contribution in [1.29, 1.82) is 0 Å². The van der Waals surface area contributed by atoms with Crippen LogP contribution in [-0.4, -0.2) is 35.5 Å². The molecule has 0 spiro atoms. The van der Waals surface area contributed by atoms with E-state index >= 15 is 0 Å². The second kappa shape index (κ2) is 9.08. The van der Waals surface area contributed by atoms with E-state index in [0.29, 0.717) is 12.1 Å². The molecule has 0 unspecified atom stereocenters. The van der Waals surface area contributed by atoms with E-state index in [4.69, 9.17) is 4.74 Å². The third-order valence-electron chi connectivity index (χ3n) is 3.75. The Morgan fingerprint density at radius 3 is 2.88 bits per heavy atom. The zero-order valence-electron chi connectivity index (χ0n) is 14.6. The zero-order chi connectivity index (χ0) is 17.4. The van der Waals surface area contributed by atoms with Gasteiger partial charge in [-0.05, 0) is 36.7 Å². The molecule has 2 aromatic rings. The van der Waals surface area contributed by atoms with Crippen molar-refractivity contribution in [2.24, 2.45) is 7.05 Å². The van der Waals surface area contributed by atoms with Gasteiger partial charge in [0.15, 0.2) is 0 Å². The second-order valence-electron chi connectivity index (χ2n) is 5.76. The maximum atomic E-state index is 12.4. The molecule has 6 heteroatoms. The highest BCUT2D eigenvalue weighted by molar-refractivity contribution is 5.92. The maximum absolute atomic E-state index is 12.4. The van der Waals surface area contributed by atoms with Crippen LogP contribution in [0, 0.1) is 0 Å². The van der Waals surface area contributed by atoms with Crippen LogP contribution in [0.4, 0.5) is 0 Å². The molecule has 1 heterocycles. The molecule has 0 saturated carbocycles. The molecule has 24 heavy (non-hydrogen) atoms. The lowest BCUT2D eigenvalue weighted by atomic mass is 10.1. The standard InChI is InChI=1S/C18H26N4O2/c1-4-5-10-19-17(13-14-7-6-8-15(12-14)24-3)20-18(23)16-9-11-22(2)21-16/h6-9,11-12,17,19H,4-5,10,13H2,1-3H3,(H,20,23)/t17-/m1/s1. The minimum atomic E-state index is -0.174. The number of hydrogen-bond acceptors (Lipinski definition) is 4. The summed E-state index contributed by atoms with van der Waals surface area (Å²) < 4.78 is 6.89. The Morgan fingerprint density at radius 2 is 2.21 bits per heavy atom. The van der Waals surface area contributed by atoms with Crippen LogP contribution in [0.1, 0.15) is 35.8 Å². The highest BCUT2D eigenvalue weighted by Gasteiger charge is 2.16. The van der Waals surface area contributed by atoms with Crippen LogP contribution in [0.5, 0.6) is 5.75 Å². The number of ether oxygens (including phenoxy) is 1. The highest BCUT2D eigenvalue weighted by Crippen LogP contribution is 2.13. The predicted molar refractivity (Wildman–Crippen MR) is 94.1 cm³/mol. The van der Waals surface area contributed by atoms with Gasteiger partial charge < -0.3 is 10.1 Å². The number of unbranched alkanes of at least 4 members (excludes halogenated alkanes) is 1. The average molecular weight is 330 g/mol. The molecular weight excluding hydrogens is 304 g/mol. The lowest BCUT2D eigenvalue weighted by Gasteiger charge is -2.20. The smallest absolute Gasteiger partial charge is 0.273 e. The monoisotopic (exact) mass is 330 g/mol. The number of benzene rings is 1. The van der Waals surface area contributed by atoms with Crippen LogP contribution >= 0.6 is 0 Å². The Balaban J connectivity index is 2.04. The van der Waals surface area contributed by atoms with Gasteiger partial charge in [-0.25, -0.2) is 0 Å². The number of nitrogens with one attached hydrogen (secondary N) is 2. The van der Waals surface area contributed by atoms with Crippen molar-refractivity contribution < 1.29 is 9.53 Å². The molecule has 0 radical (unpaired) electrons. The van der Waals surface area contributed by atoms with Crippen LogP contribution in [0.25, 0.3) is 0 Å². The largest absolute Gasteiger partial charge is 0.497 e. The van der Waals surface area contributed by atoms with Crippen molar-refractivity contribution in [3.05, 3.63) is 47.8 Å². The van der Waals surface area contributed by atoms with Gasteiger partial charge in [0.05, 0.1) is 13.3 Å². The number of methoxy groups -OCH3 is 1. The quantitative estimate of drug-likeness (QED) is 0.546. The number of aromatic nitrogens is 2. The van der Waals surface area contributed by atoms with Crippen LogP contribution < -0.4 is 15.4 Å². The van der Waals surface area contributed by atoms with E-state index < -0.39 is 0 Å². The van der Waals surface area contributed by atoms with Crippen molar-refractivity contribution in [2.45, 2.75) is 32.4 Å². The molecule has 0 fully saturated rings. The zero-order valence-corrected chi connectivity index (χ0v) is 14.6. The maximum Gasteiger partial charge on any atom is 0.273 e. The summed E-state index contributed by atoms with van der Waals surface area (Å²) in [4.78, 5) is 12.4. The number of carbonyl (C=O) groups is 1. The summed E-state index contributed by atoms with van der Waals surface area (Å²) in [5, 5.41) is 10.6. The third-order valence-corrected chi connectivity index (χ3v) is 3.75. The van der Waals surface area contributed by atoms with Crippen molar-refractivity contribution in [3.8, 4) is 5.75 Å². The van der Waals surface area contributed by atoms with E-state index in [9.17, 15) is 4.79 Å². The van der Waals surface area contributed by atoms with E-state index in [2.05, 4.69) is 22.7 Å². The Kier molecular flexibility index (Phi) is 6.81. The normalized spacial score (nSPS) is 12.0. The summed E-state index contributed by atoms with van der Waals surface area (Å²) in [5.74, 6) is 0.642. The fraction of sp³-hybridized carbons (Fsp3) is 0.444. The molecule has 0 aliphatic carbocycles. The summed E-state index contributed by atoms with van der Waals surface area (Å²) in [6.07, 6.45) is 4.45. The highest BCUT2D eigenvalue weighted by atomic mass is 16.5. The Bertz CT molecular complexity index is 654. The van der Waals surface area contributed by atoms with Crippen molar-refractivity contribution in [3.63, 3.8) is 0 Å². The molecular formula is C18H26N4O2. The van der Waals surface area contributed by atoms with Crippen molar-refractivity contribution >= 4 is 5.91 Å². The summed E-state index contributed by atoms with van der Waals surface area (Å²) in [5.41, 5.74) is 1.52. The Morgan fingerprint density at radius 1 is 1.38 bits per heavy atom. The number of hydrogen-bond donors (Lipinski definition) is 2. The van der Waals surface area contributed by atoms with Gasteiger partial charge in [0.2, 0.25) is 0 Å². The number of carbonyl (C=O) groups excluding carboxylic acids is 1. The van der Waals surface area contributed by atoms with E-state index in [1.807, 2.05) is 24.3 Å². The lowest BCUT2D eigenvalue weighted by molar-refractivity contribution is 0.0923. The summed E-state index contributed by atoms with van der Waals surface area (Å²) in [6.45, 7) is 3.00. The number of amides is 1. The third kappa shape index (κ3) is 5.38. The average Bonchev–Trinajstić information content (AvgIpc) is 3.02. The molecule has 2 rings (SSSR count). The summed E-state index contributed by atoms with van der Waals surface area (Å²) >= 11 is 0. The van der Waals surface area contributed by atoms with Crippen LogP contribution in [0.3, 0.4) is 0 Å². The first-order chi connectivity index (χ1) is 11.6. The van der Waals surface area contributed by atoms with E-state index in [0.717, 1.165) is 30.7 Å². The minimum absolute atomic E-state index is 0.154. The van der Waals surface area contributed by atoms with Gasteiger partial charge in [0, 0.05) is 19.7 Å². The Hall–Kier alpha value is -2.34. The topological polar surface area (TPSA) is 68.2 Å². The van der Waals surface area contributed by atoms with E-state index in [1.54, 1.807) is 31.1 Å². The molecule has 0 aliphatic heterocycles. The predicted octanol–water partition coefficient (Wildman–Crippen LogP) is 2.12. The first-order valence-corrected chi connectivity index (χ1v) is 8.29. The van der Waals surface area contributed by atoms with Gasteiger partial charge in [-0.2, -0.15) is 5.10 Å². The number of nitrogens with zero attached hydrogens (tertiary/aromatic N) is 2. The molecule has 0 bridgehead atoms. The summed E-state index contributed by atoms with van der Waals surface area (Å²) in [7, 11) is 3.45. The fourth-order valence-electron chi connectivity index (χ4n) is 2.43. The molecule has 1 amide bonds. The van der Waals surface area contributed by atoms with Crippen molar-refractivity contribution in [1.82, 2.24) is 20.4 Å². The van der Waals surface area contributed by atoms with Gasteiger partial charge in [-0.15, -0.1) is 0 Å². The molecule has 1 aromatic carbocycles. The minimum Gasteiger partial charge on any atom is -0.497 e. The molecule has 1 aromatic heterocycles. The van der Waals surface area contributed by atoms with Gasteiger partial charge in [0.25, 0.3) is 5.91 Å². The van der Waals surface area contributed by atoms with Crippen molar-refractivity contribution in [2.75, 3.05) is 13.7 Å². The number of aryl methyl sites for hydroxylation is 1. The SMILES string of the molecule is CCCCN[C@@H](Cc1cccc(OC)c1)NC(=O)c1ccn(C)n1. The van der Waals surface area contributed by atoms with Crippen LogP contribution in [0.2, 0.25) is 0 Å². The molecule has 0 aliphatic rings. The van der Waals surface area contributed by atoms with E-state index in [-0.39, 0.29) is 12.1 Å². The van der Waals surface area contributed by atoms with E-state index in [1.165, 1.54) is 0 Å². The first-order valence-electron chi connectivity index (χ1n) is 8.29. The first kappa shape index (κ1) is 18.0. The second-order valence-corrected chi connectivity index (χ2v) is 5.76. The molecule has 6 nitrogen and oxygen atoms in total. The van der Waals surface area contributed by atoms with Crippen LogP contribution in [-0.2, 0) is 13.5 Å². The van der Waals surface area contributed by atoms with Crippen LogP contribution in [0.15, 0.2) is 36.5 Å². The van der Waals surface area contributed by atoms with Gasteiger partial charge in [-0.1, -0.05) is 25.5 Å². The molecule has 130 valence electrons. The van der Waals surface area contributed by atoms with Gasteiger partial charge >= 0.3 is 0 Å². The summed E-state index contributed by atoms with van der Waals surface area (Å²) in [6, 6.07) is 9.60. The molecule has 2 N–H and O–H groups in total.